The fourth-order valence-corrected chi connectivity index (χ4v) is 3.66. The number of aromatic amines is 1. The van der Waals surface area contributed by atoms with Crippen molar-refractivity contribution in [1.82, 2.24) is 9.88 Å². The van der Waals surface area contributed by atoms with Gasteiger partial charge in [-0.05, 0) is 36.6 Å². The highest BCUT2D eigenvalue weighted by Crippen LogP contribution is 2.47. The monoisotopic (exact) mass is 330 g/mol. The van der Waals surface area contributed by atoms with Gasteiger partial charge in [-0.1, -0.05) is 6.07 Å². The molecule has 1 saturated heterocycles. The molecule has 2 aliphatic rings. The summed E-state index contributed by atoms with van der Waals surface area (Å²) in [5.74, 6) is -2.75. The van der Waals surface area contributed by atoms with Gasteiger partial charge in [0.1, 0.15) is 5.70 Å². The van der Waals surface area contributed by atoms with E-state index in [1.807, 2.05) is 0 Å². The van der Waals surface area contributed by atoms with E-state index in [1.165, 1.54) is 11.8 Å². The van der Waals surface area contributed by atoms with Crippen molar-refractivity contribution in [3.05, 3.63) is 40.0 Å². The lowest BCUT2D eigenvalue weighted by molar-refractivity contribution is -0.161. The molecule has 0 aliphatic carbocycles. The fraction of sp³-hybridized carbons (Fsp3) is 0.312. The van der Waals surface area contributed by atoms with Crippen LogP contribution in [0.2, 0.25) is 0 Å². The van der Waals surface area contributed by atoms with Crippen molar-refractivity contribution in [1.29, 1.82) is 0 Å². The van der Waals surface area contributed by atoms with Crippen LogP contribution in [0.5, 0.6) is 0 Å². The third kappa shape index (κ3) is 1.86. The number of oxazole rings is 1. The van der Waals surface area contributed by atoms with Crippen LogP contribution in [-0.4, -0.2) is 44.1 Å². The standard InChI is InChI=1S/C16H14N2O6/c1-6(19)12-10-5-8(13(15(21)22)18(10)14(12)20)7-2-3-9-11(4-7)24-16(23)17-9/h2-4,6,10,12,19H,5H2,1H3,(H,17,23)(H,21,22)/t6-,10+,12+/m1/s1. The molecule has 8 nitrogen and oxygen atoms in total. The number of nitrogens with zero attached hydrogens (tertiary/aromatic N) is 1. The van der Waals surface area contributed by atoms with Gasteiger partial charge in [0.25, 0.3) is 0 Å². The van der Waals surface area contributed by atoms with Gasteiger partial charge < -0.3 is 19.5 Å². The molecule has 3 heterocycles. The number of fused-ring (bicyclic) bond motifs is 2. The zero-order chi connectivity index (χ0) is 17.2. The van der Waals surface area contributed by atoms with E-state index in [1.54, 1.807) is 18.2 Å². The number of hydrogen-bond acceptors (Lipinski definition) is 5. The van der Waals surface area contributed by atoms with Gasteiger partial charge in [-0.25, -0.2) is 9.59 Å². The number of carboxylic acids is 1. The van der Waals surface area contributed by atoms with Gasteiger partial charge >= 0.3 is 11.7 Å². The Labute approximate surface area is 135 Å². The molecule has 2 aliphatic heterocycles. The van der Waals surface area contributed by atoms with Gasteiger partial charge in [0.15, 0.2) is 5.58 Å². The molecule has 0 unspecified atom stereocenters. The first-order chi connectivity index (χ1) is 11.4. The number of aliphatic hydroxyl groups is 1. The van der Waals surface area contributed by atoms with Gasteiger partial charge in [-0.3, -0.25) is 9.78 Å². The second-order valence-corrected chi connectivity index (χ2v) is 6.10. The van der Waals surface area contributed by atoms with E-state index in [-0.39, 0.29) is 17.6 Å². The number of carbonyl (C=O) groups is 2. The van der Waals surface area contributed by atoms with E-state index >= 15 is 0 Å². The predicted octanol–water partition coefficient (Wildman–Crippen LogP) is 0.528. The van der Waals surface area contributed by atoms with Crippen LogP contribution in [0.25, 0.3) is 16.7 Å². The minimum atomic E-state index is -1.19. The van der Waals surface area contributed by atoms with Crippen molar-refractivity contribution < 1.29 is 24.2 Å². The van der Waals surface area contributed by atoms with Gasteiger partial charge in [0.05, 0.1) is 23.6 Å². The maximum Gasteiger partial charge on any atom is 0.417 e. The Balaban J connectivity index is 1.82. The Kier molecular flexibility index (Phi) is 2.95. The van der Waals surface area contributed by atoms with Crippen molar-refractivity contribution in [3.63, 3.8) is 0 Å². The maximum atomic E-state index is 12.2. The lowest BCUT2D eigenvalue weighted by Crippen LogP contribution is -2.61. The first kappa shape index (κ1) is 14.7. The molecular formula is C16H14N2O6. The van der Waals surface area contributed by atoms with Crippen LogP contribution in [0, 0.1) is 5.92 Å². The van der Waals surface area contributed by atoms with E-state index in [2.05, 4.69) is 4.98 Å². The number of carboxylic acid groups (broad SMARTS) is 1. The molecule has 1 amide bonds. The Morgan fingerprint density at radius 1 is 1.42 bits per heavy atom. The molecule has 1 aromatic heterocycles. The lowest BCUT2D eigenvalue weighted by Gasteiger charge is -2.44. The van der Waals surface area contributed by atoms with E-state index in [0.717, 1.165) is 0 Å². The molecule has 8 heteroatoms. The van der Waals surface area contributed by atoms with Crippen LogP contribution in [0.4, 0.5) is 0 Å². The number of rotatable bonds is 3. The van der Waals surface area contributed by atoms with Gasteiger partial charge in [0, 0.05) is 0 Å². The molecule has 0 saturated carbocycles. The summed E-state index contributed by atoms with van der Waals surface area (Å²) in [4.78, 5) is 38.9. The van der Waals surface area contributed by atoms with Crippen molar-refractivity contribution in [3.8, 4) is 0 Å². The van der Waals surface area contributed by atoms with Crippen molar-refractivity contribution >= 4 is 28.5 Å². The number of H-pyrrole nitrogens is 1. The molecule has 0 radical (unpaired) electrons. The molecule has 124 valence electrons. The zero-order valence-corrected chi connectivity index (χ0v) is 12.6. The number of nitrogens with one attached hydrogen (secondary N) is 1. The van der Waals surface area contributed by atoms with Crippen LogP contribution in [-0.2, 0) is 9.59 Å². The smallest absolute Gasteiger partial charge is 0.417 e. The number of benzene rings is 1. The number of β-lactam (4-membered cyclic amide) rings is 1. The third-order valence-electron chi connectivity index (χ3n) is 4.70. The third-order valence-corrected chi connectivity index (χ3v) is 4.70. The maximum absolute atomic E-state index is 12.2. The molecule has 0 spiro atoms. The van der Waals surface area contributed by atoms with Crippen molar-refractivity contribution in [2.75, 3.05) is 0 Å². The first-order valence-electron chi connectivity index (χ1n) is 7.49. The van der Waals surface area contributed by atoms with Crippen LogP contribution in [0.15, 0.2) is 33.1 Å². The number of carbonyl (C=O) groups excluding carboxylic acids is 1. The first-order valence-corrected chi connectivity index (χ1v) is 7.49. The van der Waals surface area contributed by atoms with Crippen LogP contribution in [0.3, 0.4) is 0 Å². The normalized spacial score (nSPS) is 24.2. The van der Waals surface area contributed by atoms with Crippen LogP contribution < -0.4 is 5.76 Å². The molecule has 4 rings (SSSR count). The molecule has 1 fully saturated rings. The Bertz CT molecular complexity index is 966. The summed E-state index contributed by atoms with van der Waals surface area (Å²) in [7, 11) is 0. The van der Waals surface area contributed by atoms with Crippen molar-refractivity contribution in [2.24, 2.45) is 5.92 Å². The molecule has 1 aromatic carbocycles. The quantitative estimate of drug-likeness (QED) is 0.705. The Hall–Kier alpha value is -2.87. The minimum Gasteiger partial charge on any atom is -0.477 e. The molecular weight excluding hydrogens is 316 g/mol. The van der Waals surface area contributed by atoms with Gasteiger partial charge in [-0.2, -0.15) is 0 Å². The number of hydrogen-bond donors (Lipinski definition) is 3. The SMILES string of the molecule is C[C@@H](O)[C@@H]1C(=O)N2C(C(=O)O)=C(c3ccc4[nH]c(=O)oc4c3)C[C@@H]12. The molecule has 24 heavy (non-hydrogen) atoms. The highest BCUT2D eigenvalue weighted by Gasteiger charge is 2.56. The summed E-state index contributed by atoms with van der Waals surface area (Å²) in [6.45, 7) is 1.53. The summed E-state index contributed by atoms with van der Waals surface area (Å²) < 4.78 is 5.01. The summed E-state index contributed by atoms with van der Waals surface area (Å²) in [5.41, 5.74) is 1.84. The average Bonchev–Trinajstić information content (AvgIpc) is 3.02. The average molecular weight is 330 g/mol. The summed E-state index contributed by atoms with van der Waals surface area (Å²) >= 11 is 0. The highest BCUT2D eigenvalue weighted by atomic mass is 16.4. The van der Waals surface area contributed by atoms with Crippen LogP contribution in [0.1, 0.15) is 18.9 Å². The second-order valence-electron chi connectivity index (χ2n) is 6.10. The highest BCUT2D eigenvalue weighted by molar-refractivity contribution is 6.06. The van der Waals surface area contributed by atoms with E-state index in [9.17, 15) is 24.6 Å². The number of aliphatic carboxylic acids is 1. The predicted molar refractivity (Wildman–Crippen MR) is 81.8 cm³/mol. The lowest BCUT2D eigenvalue weighted by atomic mass is 9.82. The minimum absolute atomic E-state index is 0.0702. The molecule has 2 aromatic rings. The Morgan fingerprint density at radius 2 is 2.17 bits per heavy atom. The van der Waals surface area contributed by atoms with Crippen LogP contribution >= 0.6 is 0 Å². The number of aliphatic hydroxyl groups excluding tert-OH is 1. The largest absolute Gasteiger partial charge is 0.477 e. The number of amides is 1. The number of aromatic nitrogens is 1. The summed E-state index contributed by atoms with van der Waals surface area (Å²) in [6, 6.07) is 4.54. The Morgan fingerprint density at radius 3 is 2.83 bits per heavy atom. The van der Waals surface area contributed by atoms with Gasteiger partial charge in [-0.15, -0.1) is 0 Å². The van der Waals surface area contributed by atoms with E-state index in [4.69, 9.17) is 4.42 Å². The topological polar surface area (TPSA) is 124 Å². The van der Waals surface area contributed by atoms with Crippen molar-refractivity contribution in [2.45, 2.75) is 25.5 Å². The van der Waals surface area contributed by atoms with E-state index < -0.39 is 23.7 Å². The zero-order valence-electron chi connectivity index (χ0n) is 12.6. The van der Waals surface area contributed by atoms with E-state index in [0.29, 0.717) is 28.7 Å². The summed E-state index contributed by atoms with van der Waals surface area (Å²) in [5, 5.41) is 19.3. The second kappa shape index (κ2) is 4.81. The molecule has 3 atom stereocenters. The molecule has 3 N–H and O–H groups in total. The molecule has 0 bridgehead atoms. The van der Waals surface area contributed by atoms with Gasteiger partial charge in [0.2, 0.25) is 5.91 Å². The fourth-order valence-electron chi connectivity index (χ4n) is 3.66. The summed E-state index contributed by atoms with van der Waals surface area (Å²) in [6.07, 6.45) is -0.498.